The molecule has 0 radical (unpaired) electrons. The zero-order chi connectivity index (χ0) is 16.8. The van der Waals surface area contributed by atoms with Gasteiger partial charge < -0.3 is 5.32 Å². The Labute approximate surface area is 141 Å². The van der Waals surface area contributed by atoms with Crippen LogP contribution in [-0.4, -0.2) is 46.3 Å². The molecule has 24 heavy (non-hydrogen) atoms. The molecule has 0 aliphatic carbocycles. The number of carbonyl (C=O) groups is 1. The molecular weight excluding hydrogens is 307 g/mol. The van der Waals surface area contributed by atoms with Crippen molar-refractivity contribution in [2.75, 3.05) is 19.6 Å². The van der Waals surface area contributed by atoms with Crippen molar-refractivity contribution in [3.63, 3.8) is 0 Å². The Kier molecular flexibility index (Phi) is 5.59. The molecule has 1 fully saturated rings. The first-order chi connectivity index (χ1) is 11.7. The molecule has 1 atom stereocenters. The first kappa shape index (κ1) is 16.6. The number of nitrogens with one attached hydrogen (secondary N) is 1. The van der Waals surface area contributed by atoms with Gasteiger partial charge in [-0.1, -0.05) is 12.1 Å². The first-order valence-corrected chi connectivity index (χ1v) is 8.43. The molecule has 0 spiro atoms. The number of nitrogens with zero attached hydrogens (tertiary/aromatic N) is 3. The molecule has 1 aliphatic heterocycles. The zero-order valence-electron chi connectivity index (χ0n) is 13.7. The van der Waals surface area contributed by atoms with Crippen LogP contribution in [0.1, 0.15) is 18.4 Å². The monoisotopic (exact) mass is 330 g/mol. The van der Waals surface area contributed by atoms with Crippen molar-refractivity contribution in [2.45, 2.75) is 31.8 Å². The molecule has 1 aromatic heterocycles. The summed E-state index contributed by atoms with van der Waals surface area (Å²) in [6.07, 6.45) is 6.67. The van der Waals surface area contributed by atoms with Crippen LogP contribution in [0, 0.1) is 5.82 Å². The number of rotatable bonds is 7. The third-order valence-corrected chi connectivity index (χ3v) is 4.45. The fraction of sp³-hybridized carbons (Fsp3) is 0.444. The van der Waals surface area contributed by atoms with Gasteiger partial charge in [0.2, 0.25) is 5.91 Å². The van der Waals surface area contributed by atoms with Gasteiger partial charge >= 0.3 is 0 Å². The van der Waals surface area contributed by atoms with Crippen molar-refractivity contribution >= 4 is 5.91 Å². The Hall–Kier alpha value is -2.21. The molecule has 0 unspecified atom stereocenters. The minimum Gasteiger partial charge on any atom is -0.355 e. The summed E-state index contributed by atoms with van der Waals surface area (Å²) in [6, 6.07) is 8.68. The number of aromatic nitrogens is 2. The Morgan fingerprint density at radius 2 is 2.17 bits per heavy atom. The van der Waals surface area contributed by atoms with Crippen molar-refractivity contribution < 1.29 is 9.18 Å². The van der Waals surface area contributed by atoms with Gasteiger partial charge in [0.15, 0.2) is 0 Å². The molecule has 0 bridgehead atoms. The van der Waals surface area contributed by atoms with Crippen molar-refractivity contribution in [1.29, 1.82) is 0 Å². The SMILES string of the molecule is O=C(CN1CCC[C@H]1Cn1cccn1)NCCc1ccc(F)cc1. The lowest BCUT2D eigenvalue weighted by Gasteiger charge is -2.23. The number of carbonyl (C=O) groups excluding carboxylic acids is 1. The maximum absolute atomic E-state index is 12.9. The highest BCUT2D eigenvalue weighted by Crippen LogP contribution is 2.18. The largest absolute Gasteiger partial charge is 0.355 e. The van der Waals surface area contributed by atoms with Crippen molar-refractivity contribution in [2.24, 2.45) is 0 Å². The normalized spacial score (nSPS) is 18.0. The predicted octanol–water partition coefficient (Wildman–Crippen LogP) is 1.85. The van der Waals surface area contributed by atoms with Crippen molar-refractivity contribution in [3.8, 4) is 0 Å². The molecule has 0 saturated carbocycles. The van der Waals surface area contributed by atoms with E-state index in [0.717, 1.165) is 31.5 Å². The fourth-order valence-corrected chi connectivity index (χ4v) is 3.17. The molecule has 1 N–H and O–H groups in total. The van der Waals surface area contributed by atoms with Crippen LogP contribution in [0.4, 0.5) is 4.39 Å². The molecule has 1 aliphatic rings. The molecule has 128 valence electrons. The maximum atomic E-state index is 12.9. The number of halogens is 1. The standard InChI is InChI=1S/C18H23FN4O/c19-16-6-4-15(5-7-16)8-10-20-18(24)14-22-11-1-3-17(22)13-23-12-2-9-21-23/h2,4-7,9,12,17H,1,3,8,10-11,13-14H2,(H,20,24)/t17-/m0/s1. The van der Waals surface area contributed by atoms with E-state index in [1.165, 1.54) is 12.1 Å². The zero-order valence-corrected chi connectivity index (χ0v) is 13.7. The molecule has 2 aromatic rings. The Morgan fingerprint density at radius 3 is 2.92 bits per heavy atom. The second-order valence-electron chi connectivity index (χ2n) is 6.22. The van der Waals surface area contributed by atoms with E-state index >= 15 is 0 Å². The highest BCUT2D eigenvalue weighted by atomic mass is 19.1. The fourth-order valence-electron chi connectivity index (χ4n) is 3.17. The van der Waals surface area contributed by atoms with Crippen LogP contribution in [0.3, 0.4) is 0 Å². The minimum absolute atomic E-state index is 0.0458. The van der Waals surface area contributed by atoms with Crippen LogP contribution in [0.2, 0.25) is 0 Å². The Bertz CT molecular complexity index is 642. The van der Waals surface area contributed by atoms with Crippen LogP contribution in [0.25, 0.3) is 0 Å². The van der Waals surface area contributed by atoms with E-state index in [1.54, 1.807) is 18.3 Å². The smallest absolute Gasteiger partial charge is 0.234 e. The van der Waals surface area contributed by atoms with E-state index in [1.807, 2.05) is 16.9 Å². The summed E-state index contributed by atoms with van der Waals surface area (Å²) in [5.74, 6) is -0.190. The van der Waals surface area contributed by atoms with Gasteiger partial charge in [-0.3, -0.25) is 14.4 Å². The van der Waals surface area contributed by atoms with Crippen LogP contribution in [0.15, 0.2) is 42.7 Å². The lowest BCUT2D eigenvalue weighted by molar-refractivity contribution is -0.122. The summed E-state index contributed by atoms with van der Waals surface area (Å²) in [5, 5.41) is 7.20. The van der Waals surface area contributed by atoms with Crippen LogP contribution in [0.5, 0.6) is 0 Å². The topological polar surface area (TPSA) is 50.2 Å². The number of likely N-dealkylation sites (tertiary alicyclic amines) is 1. The molecule has 6 heteroatoms. The molecule has 5 nitrogen and oxygen atoms in total. The third-order valence-electron chi connectivity index (χ3n) is 4.45. The van der Waals surface area contributed by atoms with Gasteiger partial charge in [-0.15, -0.1) is 0 Å². The van der Waals surface area contributed by atoms with Crippen LogP contribution in [-0.2, 0) is 17.8 Å². The molecule has 1 aromatic carbocycles. The van der Waals surface area contributed by atoms with Gasteiger partial charge in [-0.05, 0) is 49.6 Å². The summed E-state index contributed by atoms with van der Waals surface area (Å²) < 4.78 is 14.8. The van der Waals surface area contributed by atoms with Gasteiger partial charge in [-0.25, -0.2) is 4.39 Å². The summed E-state index contributed by atoms with van der Waals surface area (Å²) in [5.41, 5.74) is 1.02. The van der Waals surface area contributed by atoms with E-state index in [9.17, 15) is 9.18 Å². The van der Waals surface area contributed by atoms with Gasteiger partial charge in [0.1, 0.15) is 5.82 Å². The second kappa shape index (κ2) is 8.06. The maximum Gasteiger partial charge on any atom is 0.234 e. The number of hydrogen-bond acceptors (Lipinski definition) is 3. The van der Waals surface area contributed by atoms with E-state index in [-0.39, 0.29) is 11.7 Å². The lowest BCUT2D eigenvalue weighted by Crippen LogP contribution is -2.41. The van der Waals surface area contributed by atoms with Gasteiger partial charge in [0.05, 0.1) is 13.1 Å². The molecule has 3 rings (SSSR count). The Balaban J connectivity index is 1.41. The predicted molar refractivity (Wildman–Crippen MR) is 89.9 cm³/mol. The molecule has 1 saturated heterocycles. The average Bonchev–Trinajstić information content (AvgIpc) is 3.22. The van der Waals surface area contributed by atoms with E-state index in [0.29, 0.717) is 25.6 Å². The minimum atomic E-state index is -0.236. The molecule has 1 amide bonds. The highest BCUT2D eigenvalue weighted by molar-refractivity contribution is 5.78. The van der Waals surface area contributed by atoms with E-state index < -0.39 is 0 Å². The van der Waals surface area contributed by atoms with Gasteiger partial charge in [0.25, 0.3) is 0 Å². The van der Waals surface area contributed by atoms with Crippen molar-refractivity contribution in [1.82, 2.24) is 20.0 Å². The molecular formula is C18H23FN4O. The third kappa shape index (κ3) is 4.64. The second-order valence-corrected chi connectivity index (χ2v) is 6.22. The van der Waals surface area contributed by atoms with E-state index in [4.69, 9.17) is 0 Å². The number of hydrogen-bond donors (Lipinski definition) is 1. The lowest BCUT2D eigenvalue weighted by atomic mass is 10.1. The first-order valence-electron chi connectivity index (χ1n) is 8.43. The van der Waals surface area contributed by atoms with Gasteiger partial charge in [0, 0.05) is 25.0 Å². The Morgan fingerprint density at radius 1 is 1.33 bits per heavy atom. The average molecular weight is 330 g/mol. The highest BCUT2D eigenvalue weighted by Gasteiger charge is 2.26. The van der Waals surface area contributed by atoms with Crippen molar-refractivity contribution in [3.05, 3.63) is 54.1 Å². The summed E-state index contributed by atoms with van der Waals surface area (Å²) >= 11 is 0. The summed E-state index contributed by atoms with van der Waals surface area (Å²) in [6.45, 7) is 2.78. The van der Waals surface area contributed by atoms with Crippen LogP contribution >= 0.6 is 0 Å². The van der Waals surface area contributed by atoms with Gasteiger partial charge in [-0.2, -0.15) is 5.10 Å². The van der Waals surface area contributed by atoms with E-state index in [2.05, 4.69) is 15.3 Å². The number of amides is 1. The summed E-state index contributed by atoms with van der Waals surface area (Å²) in [7, 11) is 0. The quantitative estimate of drug-likeness (QED) is 0.843. The summed E-state index contributed by atoms with van der Waals surface area (Å²) in [4.78, 5) is 14.4. The molecule has 2 heterocycles. The van der Waals surface area contributed by atoms with Crippen LogP contribution < -0.4 is 5.32 Å². The number of benzene rings is 1.